The van der Waals surface area contributed by atoms with Crippen molar-refractivity contribution in [2.24, 2.45) is 11.7 Å². The van der Waals surface area contributed by atoms with Gasteiger partial charge in [-0.2, -0.15) is 0 Å². The average Bonchev–Trinajstić information content (AvgIpc) is 2.67. The molecular weight excluding hydrogens is 180 g/mol. The van der Waals surface area contributed by atoms with Gasteiger partial charge in [0.05, 0.1) is 0 Å². The van der Waals surface area contributed by atoms with E-state index in [0.717, 1.165) is 19.5 Å². The van der Waals surface area contributed by atoms with Crippen molar-refractivity contribution in [2.75, 3.05) is 24.5 Å². The number of aromatic amines is 1. The van der Waals surface area contributed by atoms with Crippen molar-refractivity contribution < 1.29 is 0 Å². The quantitative estimate of drug-likeness (QED) is 0.669. The lowest BCUT2D eigenvalue weighted by molar-refractivity contribution is 0.602. The second-order valence-electron chi connectivity index (χ2n) is 3.58. The Bertz CT molecular complexity index is 362. The van der Waals surface area contributed by atoms with Gasteiger partial charge < -0.3 is 15.6 Å². The van der Waals surface area contributed by atoms with Gasteiger partial charge in [0.25, 0.3) is 5.56 Å². The summed E-state index contributed by atoms with van der Waals surface area (Å²) in [5.74, 6) is 1.01. The van der Waals surface area contributed by atoms with Crippen molar-refractivity contribution in [3.05, 3.63) is 22.7 Å². The Morgan fingerprint density at radius 3 is 3.21 bits per heavy atom. The minimum atomic E-state index is -0.120. The van der Waals surface area contributed by atoms with Gasteiger partial charge >= 0.3 is 0 Å². The van der Waals surface area contributed by atoms with E-state index in [4.69, 9.17) is 5.73 Å². The van der Waals surface area contributed by atoms with Crippen LogP contribution < -0.4 is 16.2 Å². The highest BCUT2D eigenvalue weighted by Gasteiger charge is 2.23. The molecule has 5 heteroatoms. The number of nitrogens with one attached hydrogen (secondary N) is 1. The molecule has 5 nitrogen and oxygen atoms in total. The molecule has 0 spiro atoms. The smallest absolute Gasteiger partial charge is 0.290 e. The maximum absolute atomic E-state index is 11.4. The van der Waals surface area contributed by atoms with Crippen molar-refractivity contribution in [2.45, 2.75) is 6.42 Å². The predicted octanol–water partition coefficient (Wildman–Crippen LogP) is -0.445. The number of aromatic nitrogens is 2. The Balaban J connectivity index is 2.18. The number of anilines is 1. The van der Waals surface area contributed by atoms with Gasteiger partial charge in [-0.3, -0.25) is 4.79 Å². The molecule has 3 N–H and O–H groups in total. The molecule has 76 valence electrons. The number of rotatable bonds is 2. The van der Waals surface area contributed by atoms with E-state index in [1.807, 2.05) is 4.90 Å². The van der Waals surface area contributed by atoms with Crippen LogP contribution in [0.2, 0.25) is 0 Å². The fraction of sp³-hybridized carbons (Fsp3) is 0.556. The number of hydrogen-bond donors (Lipinski definition) is 2. The molecule has 14 heavy (non-hydrogen) atoms. The predicted molar refractivity (Wildman–Crippen MR) is 54.2 cm³/mol. The summed E-state index contributed by atoms with van der Waals surface area (Å²) < 4.78 is 0. The first kappa shape index (κ1) is 9.21. The van der Waals surface area contributed by atoms with Crippen molar-refractivity contribution in [3.8, 4) is 0 Å². The highest BCUT2D eigenvalue weighted by molar-refractivity contribution is 5.36. The largest absolute Gasteiger partial charge is 0.352 e. The zero-order valence-electron chi connectivity index (χ0n) is 7.94. The number of nitrogens with zero attached hydrogens (tertiary/aromatic N) is 2. The molecular formula is C9H14N4O. The molecule has 0 aromatic carbocycles. The molecule has 0 bridgehead atoms. The summed E-state index contributed by atoms with van der Waals surface area (Å²) >= 11 is 0. The SMILES string of the molecule is NC[C@@H]1CCN(c2ncc[nH]c2=O)C1. The van der Waals surface area contributed by atoms with Crippen LogP contribution in [0, 0.1) is 5.92 Å². The Morgan fingerprint density at radius 1 is 1.71 bits per heavy atom. The van der Waals surface area contributed by atoms with Crippen LogP contribution in [0.1, 0.15) is 6.42 Å². The van der Waals surface area contributed by atoms with Crippen LogP contribution in [-0.2, 0) is 0 Å². The zero-order chi connectivity index (χ0) is 9.97. The molecule has 1 atom stereocenters. The van der Waals surface area contributed by atoms with Crippen LogP contribution in [0.3, 0.4) is 0 Å². The summed E-state index contributed by atoms with van der Waals surface area (Å²) in [6.45, 7) is 2.40. The third-order valence-electron chi connectivity index (χ3n) is 2.61. The minimum absolute atomic E-state index is 0.120. The standard InChI is InChI=1S/C9H14N4O/c10-5-7-1-4-13(6-7)8-9(14)12-3-2-11-8/h2-3,7H,1,4-6,10H2,(H,12,14)/t7-/m0/s1. The number of nitrogens with two attached hydrogens (primary N) is 1. The highest BCUT2D eigenvalue weighted by Crippen LogP contribution is 2.17. The average molecular weight is 194 g/mol. The molecule has 1 fully saturated rings. The van der Waals surface area contributed by atoms with Gasteiger partial charge in [0.2, 0.25) is 0 Å². The van der Waals surface area contributed by atoms with Gasteiger partial charge in [-0.1, -0.05) is 0 Å². The van der Waals surface area contributed by atoms with Gasteiger partial charge in [0.1, 0.15) is 0 Å². The van der Waals surface area contributed by atoms with Gasteiger partial charge in [-0.15, -0.1) is 0 Å². The molecule has 1 aliphatic heterocycles. The maximum atomic E-state index is 11.4. The van der Waals surface area contributed by atoms with E-state index in [1.165, 1.54) is 0 Å². The third kappa shape index (κ3) is 1.63. The van der Waals surface area contributed by atoms with Crippen LogP contribution in [0.5, 0.6) is 0 Å². The Hall–Kier alpha value is -1.36. The molecule has 0 radical (unpaired) electrons. The summed E-state index contributed by atoms with van der Waals surface area (Å²) in [6, 6.07) is 0. The molecule has 1 saturated heterocycles. The summed E-state index contributed by atoms with van der Waals surface area (Å²) in [4.78, 5) is 20.1. The second-order valence-corrected chi connectivity index (χ2v) is 3.58. The van der Waals surface area contributed by atoms with Crippen molar-refractivity contribution in [3.63, 3.8) is 0 Å². The normalized spacial score (nSPS) is 21.5. The first-order chi connectivity index (χ1) is 6.81. The van der Waals surface area contributed by atoms with E-state index in [0.29, 0.717) is 18.3 Å². The lowest BCUT2D eigenvalue weighted by Crippen LogP contribution is -2.29. The monoisotopic (exact) mass is 194 g/mol. The first-order valence-electron chi connectivity index (χ1n) is 4.80. The van der Waals surface area contributed by atoms with E-state index in [2.05, 4.69) is 9.97 Å². The van der Waals surface area contributed by atoms with Crippen LogP contribution >= 0.6 is 0 Å². The molecule has 2 heterocycles. The van der Waals surface area contributed by atoms with Crippen molar-refractivity contribution >= 4 is 5.82 Å². The van der Waals surface area contributed by atoms with Crippen molar-refractivity contribution in [1.29, 1.82) is 0 Å². The Kier molecular flexibility index (Phi) is 2.49. The van der Waals surface area contributed by atoms with E-state index < -0.39 is 0 Å². The van der Waals surface area contributed by atoms with E-state index in [-0.39, 0.29) is 5.56 Å². The highest BCUT2D eigenvalue weighted by atomic mass is 16.1. The van der Waals surface area contributed by atoms with E-state index in [9.17, 15) is 4.79 Å². The van der Waals surface area contributed by atoms with Gasteiger partial charge in [0, 0.05) is 25.5 Å². The zero-order valence-corrected chi connectivity index (χ0v) is 7.94. The molecule has 0 unspecified atom stereocenters. The third-order valence-corrected chi connectivity index (χ3v) is 2.61. The minimum Gasteiger partial charge on any atom is -0.352 e. The van der Waals surface area contributed by atoms with Crippen LogP contribution in [0.15, 0.2) is 17.2 Å². The van der Waals surface area contributed by atoms with Crippen LogP contribution in [0.4, 0.5) is 5.82 Å². The molecule has 0 aliphatic carbocycles. The Morgan fingerprint density at radius 2 is 2.57 bits per heavy atom. The lowest BCUT2D eigenvalue weighted by atomic mass is 10.1. The van der Waals surface area contributed by atoms with Gasteiger partial charge in [-0.05, 0) is 18.9 Å². The number of hydrogen-bond acceptors (Lipinski definition) is 4. The lowest BCUT2D eigenvalue weighted by Gasteiger charge is -2.15. The molecule has 0 saturated carbocycles. The fourth-order valence-corrected chi connectivity index (χ4v) is 1.79. The topological polar surface area (TPSA) is 75.0 Å². The van der Waals surface area contributed by atoms with Gasteiger partial charge in [-0.25, -0.2) is 4.98 Å². The summed E-state index contributed by atoms with van der Waals surface area (Å²) in [6.07, 6.45) is 4.20. The fourth-order valence-electron chi connectivity index (χ4n) is 1.79. The van der Waals surface area contributed by atoms with Crippen LogP contribution in [-0.4, -0.2) is 29.6 Å². The molecule has 2 rings (SSSR count). The van der Waals surface area contributed by atoms with Crippen molar-refractivity contribution in [1.82, 2.24) is 9.97 Å². The van der Waals surface area contributed by atoms with Crippen LogP contribution in [0.25, 0.3) is 0 Å². The molecule has 0 amide bonds. The van der Waals surface area contributed by atoms with E-state index >= 15 is 0 Å². The summed E-state index contributed by atoms with van der Waals surface area (Å²) in [5, 5.41) is 0. The summed E-state index contributed by atoms with van der Waals surface area (Å²) in [7, 11) is 0. The molecule has 1 aromatic rings. The van der Waals surface area contributed by atoms with E-state index in [1.54, 1.807) is 12.4 Å². The molecule has 1 aliphatic rings. The Labute approximate surface area is 82.0 Å². The van der Waals surface area contributed by atoms with Gasteiger partial charge in [0.15, 0.2) is 5.82 Å². The number of H-pyrrole nitrogens is 1. The first-order valence-corrected chi connectivity index (χ1v) is 4.80. The maximum Gasteiger partial charge on any atom is 0.290 e. The molecule has 1 aromatic heterocycles. The second kappa shape index (κ2) is 3.79. The summed E-state index contributed by atoms with van der Waals surface area (Å²) in [5.41, 5.74) is 5.46.